The average Bonchev–Trinajstić information content (AvgIpc) is 2.68. The first-order valence-corrected chi connectivity index (χ1v) is 9.97. The highest BCUT2D eigenvalue weighted by atomic mass is 16.5. The number of ether oxygens (including phenoxy) is 1. The van der Waals surface area contributed by atoms with Crippen LogP contribution in [0.4, 0.5) is 0 Å². The van der Waals surface area contributed by atoms with Gasteiger partial charge in [-0.1, -0.05) is 29.8 Å². The van der Waals surface area contributed by atoms with Crippen LogP contribution in [-0.2, 0) is 0 Å². The van der Waals surface area contributed by atoms with Crippen LogP contribution in [0.25, 0.3) is 16.7 Å². The molecule has 2 atom stereocenters. The van der Waals surface area contributed by atoms with Crippen molar-refractivity contribution < 1.29 is 9.84 Å². The summed E-state index contributed by atoms with van der Waals surface area (Å²) in [7, 11) is 0. The molecule has 0 radical (unpaired) electrons. The van der Waals surface area contributed by atoms with E-state index < -0.39 is 5.60 Å². The number of hydrogen-bond acceptors (Lipinski definition) is 4. The lowest BCUT2D eigenvalue weighted by atomic mass is 9.81. The van der Waals surface area contributed by atoms with Gasteiger partial charge in [0.25, 0.3) is 5.56 Å². The number of allylic oxidation sites excluding steroid dienone is 2. The number of aliphatic hydroxyl groups excluding tert-OH is 1. The summed E-state index contributed by atoms with van der Waals surface area (Å²) in [5.41, 5.74) is 2.50. The fourth-order valence-corrected chi connectivity index (χ4v) is 4.25. The van der Waals surface area contributed by atoms with Gasteiger partial charge in [0.15, 0.2) is 5.65 Å². The lowest BCUT2D eigenvalue weighted by Crippen LogP contribution is -2.42. The lowest BCUT2D eigenvalue weighted by Gasteiger charge is -2.39. The van der Waals surface area contributed by atoms with Gasteiger partial charge in [-0.15, -0.1) is 0 Å². The maximum Gasteiger partial charge on any atom is 0.264 e. The van der Waals surface area contributed by atoms with Crippen LogP contribution in [0.15, 0.2) is 65.1 Å². The first kappa shape index (κ1) is 19.4. The number of nitrogens with zero attached hydrogens (tertiary/aromatic N) is 2. The summed E-state index contributed by atoms with van der Waals surface area (Å²) in [4.78, 5) is 18.3. The van der Waals surface area contributed by atoms with E-state index in [2.05, 4.69) is 11.1 Å². The van der Waals surface area contributed by atoms with Gasteiger partial charge in [-0.25, -0.2) is 4.98 Å². The fraction of sp³-hybridized carbons (Fsp3) is 0.333. The number of rotatable bonds is 4. The number of hydrogen-bond donors (Lipinski definition) is 1. The van der Waals surface area contributed by atoms with Crippen LogP contribution in [0.5, 0.6) is 5.75 Å². The largest absolute Gasteiger partial charge is 0.486 e. The Morgan fingerprint density at radius 2 is 2.03 bits per heavy atom. The molecule has 150 valence electrons. The molecule has 1 aromatic carbocycles. The summed E-state index contributed by atoms with van der Waals surface area (Å²) in [6.07, 6.45) is 4.97. The lowest BCUT2D eigenvalue weighted by molar-refractivity contribution is 0.0350. The molecule has 0 saturated carbocycles. The van der Waals surface area contributed by atoms with E-state index in [0.29, 0.717) is 29.8 Å². The zero-order chi connectivity index (χ0) is 20.6. The molecule has 3 heterocycles. The van der Waals surface area contributed by atoms with Gasteiger partial charge < -0.3 is 9.84 Å². The second-order valence-corrected chi connectivity index (χ2v) is 8.17. The van der Waals surface area contributed by atoms with Gasteiger partial charge in [0, 0.05) is 25.1 Å². The summed E-state index contributed by atoms with van der Waals surface area (Å²) >= 11 is 0. The molecule has 0 saturated heterocycles. The quantitative estimate of drug-likeness (QED) is 0.673. The standard InChI is InChI=1S/C24H26N2O3/c1-16(2)14-17-15-24(3,11-13-27)29-21-19-10-7-12-25-22(19)26(23(28)20(17)21)18-8-5-4-6-9-18/h4-10,12,14,17,27H,11,13,15H2,1-3H3. The van der Waals surface area contributed by atoms with Crippen molar-refractivity contribution in [3.05, 3.63) is 76.2 Å². The van der Waals surface area contributed by atoms with Crippen LogP contribution in [0.3, 0.4) is 0 Å². The number of pyridine rings is 2. The molecular weight excluding hydrogens is 364 g/mol. The van der Waals surface area contributed by atoms with Crippen LogP contribution in [0.2, 0.25) is 0 Å². The van der Waals surface area contributed by atoms with Gasteiger partial charge in [-0.05, 0) is 51.5 Å². The zero-order valence-corrected chi connectivity index (χ0v) is 17.1. The monoisotopic (exact) mass is 390 g/mol. The molecule has 2 aromatic heterocycles. The Balaban J connectivity index is 2.08. The smallest absolute Gasteiger partial charge is 0.264 e. The van der Waals surface area contributed by atoms with E-state index in [0.717, 1.165) is 16.6 Å². The van der Waals surface area contributed by atoms with E-state index in [9.17, 15) is 9.90 Å². The molecule has 1 N–H and O–H groups in total. The summed E-state index contributed by atoms with van der Waals surface area (Å²) in [6, 6.07) is 13.4. The molecule has 0 fully saturated rings. The molecule has 0 amide bonds. The molecule has 0 bridgehead atoms. The van der Waals surface area contributed by atoms with Gasteiger partial charge in [0.05, 0.1) is 16.6 Å². The molecule has 2 unspecified atom stereocenters. The Labute approximate surface area is 170 Å². The summed E-state index contributed by atoms with van der Waals surface area (Å²) in [5, 5.41) is 10.4. The van der Waals surface area contributed by atoms with Crippen molar-refractivity contribution in [2.24, 2.45) is 0 Å². The van der Waals surface area contributed by atoms with Gasteiger partial charge in [0.1, 0.15) is 11.4 Å². The van der Waals surface area contributed by atoms with Crippen molar-refractivity contribution in [3.8, 4) is 11.4 Å². The third-order valence-electron chi connectivity index (χ3n) is 5.48. The molecule has 0 spiro atoms. The molecule has 0 aliphatic carbocycles. The number of fused-ring (bicyclic) bond motifs is 3. The van der Waals surface area contributed by atoms with E-state index >= 15 is 0 Å². The van der Waals surface area contributed by atoms with E-state index in [1.807, 2.05) is 63.2 Å². The van der Waals surface area contributed by atoms with Crippen LogP contribution in [-0.4, -0.2) is 26.9 Å². The zero-order valence-electron chi connectivity index (χ0n) is 17.1. The molecule has 5 heteroatoms. The van der Waals surface area contributed by atoms with Gasteiger partial charge in [-0.3, -0.25) is 9.36 Å². The predicted molar refractivity (Wildman–Crippen MR) is 115 cm³/mol. The van der Waals surface area contributed by atoms with Crippen molar-refractivity contribution in [3.63, 3.8) is 0 Å². The van der Waals surface area contributed by atoms with Crippen LogP contribution in [0, 0.1) is 0 Å². The maximum atomic E-state index is 13.8. The highest BCUT2D eigenvalue weighted by molar-refractivity contribution is 5.85. The van der Waals surface area contributed by atoms with Gasteiger partial charge >= 0.3 is 0 Å². The van der Waals surface area contributed by atoms with Crippen LogP contribution < -0.4 is 10.3 Å². The van der Waals surface area contributed by atoms with E-state index in [1.165, 1.54) is 0 Å². The Morgan fingerprint density at radius 3 is 2.72 bits per heavy atom. The second kappa shape index (κ2) is 7.48. The number of aromatic nitrogens is 2. The van der Waals surface area contributed by atoms with Gasteiger partial charge in [0.2, 0.25) is 0 Å². The first-order valence-electron chi connectivity index (χ1n) is 9.97. The Kier molecular flexibility index (Phi) is 5.01. The van der Waals surface area contributed by atoms with Crippen molar-refractivity contribution in [1.82, 2.24) is 9.55 Å². The Bertz CT molecular complexity index is 1130. The number of benzene rings is 1. The Morgan fingerprint density at radius 1 is 1.28 bits per heavy atom. The molecular formula is C24H26N2O3. The van der Waals surface area contributed by atoms with Crippen molar-refractivity contribution in [2.75, 3.05) is 6.61 Å². The molecule has 3 aromatic rings. The third-order valence-corrected chi connectivity index (χ3v) is 5.48. The minimum absolute atomic E-state index is 0.0324. The molecule has 29 heavy (non-hydrogen) atoms. The summed E-state index contributed by atoms with van der Waals surface area (Å²) in [6.45, 7) is 6.11. The highest BCUT2D eigenvalue weighted by Crippen LogP contribution is 2.45. The summed E-state index contributed by atoms with van der Waals surface area (Å²) in [5.74, 6) is 0.502. The molecule has 5 nitrogen and oxygen atoms in total. The van der Waals surface area contributed by atoms with E-state index in [1.54, 1.807) is 10.8 Å². The molecule has 4 rings (SSSR count). The minimum Gasteiger partial charge on any atom is -0.486 e. The first-order chi connectivity index (χ1) is 13.9. The normalized spacial score (nSPS) is 20.8. The van der Waals surface area contributed by atoms with Crippen LogP contribution >= 0.6 is 0 Å². The average molecular weight is 390 g/mol. The molecule has 1 aliphatic heterocycles. The maximum absolute atomic E-state index is 13.8. The Hall–Kier alpha value is -2.92. The topological polar surface area (TPSA) is 64.3 Å². The highest BCUT2D eigenvalue weighted by Gasteiger charge is 2.39. The second-order valence-electron chi connectivity index (χ2n) is 8.17. The van der Waals surface area contributed by atoms with Crippen molar-refractivity contribution >= 4 is 11.0 Å². The van der Waals surface area contributed by atoms with E-state index in [4.69, 9.17) is 4.74 Å². The fourth-order valence-electron chi connectivity index (χ4n) is 4.25. The SMILES string of the molecule is CC(C)=CC1CC(C)(CCO)Oc2c1c(=O)n(-c1ccccc1)c1ncccc21. The predicted octanol–water partition coefficient (Wildman–Crippen LogP) is 4.36. The van der Waals surface area contributed by atoms with Crippen LogP contribution in [0.1, 0.15) is 45.1 Å². The summed E-state index contributed by atoms with van der Waals surface area (Å²) < 4.78 is 8.09. The minimum atomic E-state index is -0.549. The molecule has 1 aliphatic rings. The van der Waals surface area contributed by atoms with E-state index in [-0.39, 0.29) is 18.1 Å². The van der Waals surface area contributed by atoms with Crippen molar-refractivity contribution in [1.29, 1.82) is 0 Å². The third kappa shape index (κ3) is 3.47. The number of aliphatic hydroxyl groups is 1. The number of para-hydroxylation sites is 1. The van der Waals surface area contributed by atoms with Crippen molar-refractivity contribution in [2.45, 2.75) is 45.1 Å². The van der Waals surface area contributed by atoms with Gasteiger partial charge in [-0.2, -0.15) is 0 Å².